The molecule has 1 heterocycles. The molecule has 4 rings (SSSR count). The van der Waals surface area contributed by atoms with Gasteiger partial charge in [0.15, 0.2) is 0 Å². The van der Waals surface area contributed by atoms with E-state index in [4.69, 9.17) is 18.9 Å². The lowest BCUT2D eigenvalue weighted by molar-refractivity contribution is 0.0600. The van der Waals surface area contributed by atoms with E-state index in [2.05, 4.69) is 16.1 Å². The van der Waals surface area contributed by atoms with E-state index < -0.39 is 12.1 Å². The predicted molar refractivity (Wildman–Crippen MR) is 133 cm³/mol. The number of fused-ring (bicyclic) bond motifs is 1. The first kappa shape index (κ1) is 24.6. The third-order valence-electron chi connectivity index (χ3n) is 6.41. The monoisotopic (exact) mass is 480 g/mol. The van der Waals surface area contributed by atoms with Crippen LogP contribution in [-0.2, 0) is 27.2 Å². The number of nitrogens with zero attached hydrogens (tertiary/aromatic N) is 1. The van der Waals surface area contributed by atoms with Crippen molar-refractivity contribution < 1.29 is 28.5 Å². The molecule has 0 saturated heterocycles. The number of aromatic nitrogens is 1. The Morgan fingerprint density at radius 3 is 2.54 bits per heavy atom. The lowest BCUT2D eigenvalue weighted by Crippen LogP contribution is -2.20. The second kappa shape index (κ2) is 11.3. The van der Waals surface area contributed by atoms with Gasteiger partial charge in [0.1, 0.15) is 11.9 Å². The Balaban J connectivity index is 1.63. The van der Waals surface area contributed by atoms with Gasteiger partial charge in [-0.1, -0.05) is 6.07 Å². The number of methoxy groups -OCH3 is 3. The minimum Gasteiger partial charge on any atom is -0.496 e. The Bertz CT molecular complexity index is 1200. The van der Waals surface area contributed by atoms with Crippen LogP contribution in [0.4, 0.5) is 10.5 Å². The standard InChI is InChI=1S/C27H32N2O6/c1-32-13-12-29-17-20(14-18-8-9-19(26(30)34-3)15-25(18)33-2)23-16-21(10-11-24(23)29)28-27(31)35-22-6-4-5-7-22/h8-11,15-17,22H,4-7,12-14H2,1-3H3,(H,28,31). The largest absolute Gasteiger partial charge is 0.496 e. The topological polar surface area (TPSA) is 88.0 Å². The van der Waals surface area contributed by atoms with Crippen LogP contribution < -0.4 is 10.1 Å². The fourth-order valence-electron chi connectivity index (χ4n) is 4.61. The van der Waals surface area contributed by atoms with Crippen LogP contribution in [-0.4, -0.2) is 50.7 Å². The smallest absolute Gasteiger partial charge is 0.411 e. The second-order valence-electron chi connectivity index (χ2n) is 8.70. The molecule has 0 spiro atoms. The molecule has 0 radical (unpaired) electrons. The lowest BCUT2D eigenvalue weighted by Gasteiger charge is -2.13. The maximum absolute atomic E-state index is 12.4. The van der Waals surface area contributed by atoms with Crippen molar-refractivity contribution in [3.63, 3.8) is 0 Å². The van der Waals surface area contributed by atoms with Crippen molar-refractivity contribution in [2.45, 2.75) is 44.8 Å². The SMILES string of the molecule is COCCn1cc(Cc2ccc(C(=O)OC)cc2OC)c2cc(NC(=O)OC3CCCC3)ccc21. The number of benzene rings is 2. The van der Waals surface area contributed by atoms with Gasteiger partial charge in [0.05, 0.1) is 26.4 Å². The number of nitrogens with one attached hydrogen (secondary N) is 1. The maximum atomic E-state index is 12.4. The van der Waals surface area contributed by atoms with Crippen LogP contribution >= 0.6 is 0 Å². The highest BCUT2D eigenvalue weighted by molar-refractivity contribution is 5.92. The summed E-state index contributed by atoms with van der Waals surface area (Å²) in [6, 6.07) is 11.2. The fourth-order valence-corrected chi connectivity index (χ4v) is 4.61. The van der Waals surface area contributed by atoms with E-state index in [1.54, 1.807) is 26.4 Å². The highest BCUT2D eigenvalue weighted by Crippen LogP contribution is 2.31. The third kappa shape index (κ3) is 5.77. The molecule has 1 N–H and O–H groups in total. The van der Waals surface area contributed by atoms with Crippen molar-refractivity contribution in [1.82, 2.24) is 4.57 Å². The number of ether oxygens (including phenoxy) is 4. The summed E-state index contributed by atoms with van der Waals surface area (Å²) in [5.74, 6) is 0.200. The summed E-state index contributed by atoms with van der Waals surface area (Å²) in [6.45, 7) is 1.27. The van der Waals surface area contributed by atoms with Crippen molar-refractivity contribution >= 4 is 28.7 Å². The maximum Gasteiger partial charge on any atom is 0.411 e. The Morgan fingerprint density at radius 1 is 1.03 bits per heavy atom. The number of amides is 1. The van der Waals surface area contributed by atoms with Gasteiger partial charge in [0.25, 0.3) is 0 Å². The van der Waals surface area contributed by atoms with Crippen LogP contribution in [0.3, 0.4) is 0 Å². The molecule has 2 aromatic carbocycles. The molecule has 0 bridgehead atoms. The Labute approximate surface area is 205 Å². The van der Waals surface area contributed by atoms with Gasteiger partial charge in [-0.15, -0.1) is 0 Å². The fraction of sp³-hybridized carbons (Fsp3) is 0.407. The summed E-state index contributed by atoms with van der Waals surface area (Å²) < 4.78 is 23.4. The molecular formula is C27H32N2O6. The molecule has 8 nitrogen and oxygen atoms in total. The van der Waals surface area contributed by atoms with E-state index in [0.717, 1.165) is 47.7 Å². The zero-order chi connectivity index (χ0) is 24.8. The number of carbonyl (C=O) groups is 2. The van der Waals surface area contributed by atoms with Crippen molar-refractivity contribution in [2.24, 2.45) is 0 Å². The second-order valence-corrected chi connectivity index (χ2v) is 8.70. The molecule has 0 unspecified atom stereocenters. The minimum absolute atomic E-state index is 0.00449. The summed E-state index contributed by atoms with van der Waals surface area (Å²) in [5, 5.41) is 3.90. The van der Waals surface area contributed by atoms with Gasteiger partial charge >= 0.3 is 12.1 Å². The number of hydrogen-bond acceptors (Lipinski definition) is 6. The van der Waals surface area contributed by atoms with Crippen LogP contribution in [0.15, 0.2) is 42.6 Å². The summed E-state index contributed by atoms with van der Waals surface area (Å²) in [4.78, 5) is 24.3. The molecule has 0 aliphatic heterocycles. The third-order valence-corrected chi connectivity index (χ3v) is 6.41. The molecule has 0 atom stereocenters. The molecule has 8 heteroatoms. The van der Waals surface area contributed by atoms with Crippen LogP contribution in [0.25, 0.3) is 10.9 Å². The predicted octanol–water partition coefficient (Wildman–Crippen LogP) is 5.16. The summed E-state index contributed by atoms with van der Waals surface area (Å²) in [6.07, 6.45) is 6.32. The van der Waals surface area contributed by atoms with Gasteiger partial charge in [-0.3, -0.25) is 5.32 Å². The first-order chi connectivity index (χ1) is 17.0. The van der Waals surface area contributed by atoms with Gasteiger partial charge in [-0.2, -0.15) is 0 Å². The van der Waals surface area contributed by atoms with E-state index in [0.29, 0.717) is 36.6 Å². The molecular weight excluding hydrogens is 448 g/mol. The zero-order valence-corrected chi connectivity index (χ0v) is 20.5. The number of carbonyl (C=O) groups excluding carboxylic acids is 2. The van der Waals surface area contributed by atoms with Crippen LogP contribution in [0, 0.1) is 0 Å². The number of hydrogen-bond donors (Lipinski definition) is 1. The van der Waals surface area contributed by atoms with Crippen LogP contribution in [0.2, 0.25) is 0 Å². The summed E-state index contributed by atoms with van der Waals surface area (Å²) >= 11 is 0. The number of anilines is 1. The highest BCUT2D eigenvalue weighted by atomic mass is 16.6. The quantitative estimate of drug-likeness (QED) is 0.426. The lowest BCUT2D eigenvalue weighted by atomic mass is 10.0. The number of esters is 1. The van der Waals surface area contributed by atoms with Gasteiger partial charge in [0.2, 0.25) is 0 Å². The molecule has 186 valence electrons. The van der Waals surface area contributed by atoms with Gasteiger partial charge in [-0.25, -0.2) is 9.59 Å². The highest BCUT2D eigenvalue weighted by Gasteiger charge is 2.20. The van der Waals surface area contributed by atoms with Crippen molar-refractivity contribution in [1.29, 1.82) is 0 Å². The van der Waals surface area contributed by atoms with Crippen molar-refractivity contribution in [3.8, 4) is 5.75 Å². The van der Waals surface area contributed by atoms with Crippen LogP contribution in [0.5, 0.6) is 5.75 Å². The summed E-state index contributed by atoms with van der Waals surface area (Å²) in [7, 11) is 4.62. The normalized spacial score (nSPS) is 13.7. The van der Waals surface area contributed by atoms with Gasteiger partial charge in [0, 0.05) is 42.9 Å². The van der Waals surface area contributed by atoms with E-state index in [-0.39, 0.29) is 6.10 Å². The first-order valence-electron chi connectivity index (χ1n) is 11.9. The summed E-state index contributed by atoms with van der Waals surface area (Å²) in [5.41, 5.74) is 4.15. The van der Waals surface area contributed by atoms with E-state index in [1.807, 2.05) is 24.3 Å². The Morgan fingerprint density at radius 2 is 1.83 bits per heavy atom. The zero-order valence-electron chi connectivity index (χ0n) is 20.5. The number of rotatable bonds is 9. The van der Waals surface area contributed by atoms with E-state index in [9.17, 15) is 9.59 Å². The minimum atomic E-state index is -0.420. The van der Waals surface area contributed by atoms with Gasteiger partial charge in [-0.05, 0) is 67.1 Å². The molecule has 35 heavy (non-hydrogen) atoms. The molecule has 3 aromatic rings. The molecule has 1 aliphatic rings. The molecule has 1 aromatic heterocycles. The Kier molecular flexibility index (Phi) is 7.92. The van der Waals surface area contributed by atoms with Crippen molar-refractivity contribution in [2.75, 3.05) is 33.3 Å². The van der Waals surface area contributed by atoms with E-state index >= 15 is 0 Å². The molecule has 1 saturated carbocycles. The van der Waals surface area contributed by atoms with Gasteiger partial charge < -0.3 is 23.5 Å². The molecule has 1 fully saturated rings. The van der Waals surface area contributed by atoms with Crippen LogP contribution in [0.1, 0.15) is 47.2 Å². The Hall–Kier alpha value is -3.52. The average Bonchev–Trinajstić information content (AvgIpc) is 3.50. The van der Waals surface area contributed by atoms with E-state index in [1.165, 1.54) is 7.11 Å². The average molecular weight is 481 g/mol. The molecule has 1 aliphatic carbocycles. The van der Waals surface area contributed by atoms with Crippen molar-refractivity contribution in [3.05, 3.63) is 59.3 Å². The molecule has 1 amide bonds. The first-order valence-corrected chi connectivity index (χ1v) is 11.9.